The second-order valence-corrected chi connectivity index (χ2v) is 10.8. The number of nitrogens with zero attached hydrogens (tertiary/aromatic N) is 1. The Balaban J connectivity index is 1.85. The molecule has 0 saturated heterocycles. The second kappa shape index (κ2) is 14.1. The molecular weight excluding hydrogens is 556 g/mol. The highest BCUT2D eigenvalue weighted by Crippen LogP contribution is 2.50. The fourth-order valence-corrected chi connectivity index (χ4v) is 5.64. The first kappa shape index (κ1) is 30.7. The Labute approximate surface area is 249 Å². The van der Waals surface area contributed by atoms with Crippen LogP contribution in [0.25, 0.3) is 11.1 Å². The number of amides is 2. The Kier molecular flexibility index (Phi) is 10.3. The van der Waals surface area contributed by atoms with Crippen LogP contribution in [0.1, 0.15) is 36.9 Å². The summed E-state index contributed by atoms with van der Waals surface area (Å²) in [6, 6.07) is 11.1. The molecule has 2 aromatic carbocycles. The van der Waals surface area contributed by atoms with Crippen molar-refractivity contribution in [1.29, 1.82) is 0 Å². The Morgan fingerprint density at radius 2 is 1.86 bits per heavy atom. The summed E-state index contributed by atoms with van der Waals surface area (Å²) in [5.41, 5.74) is 2.99. The van der Waals surface area contributed by atoms with Gasteiger partial charge >= 0.3 is 0 Å². The van der Waals surface area contributed by atoms with E-state index in [2.05, 4.69) is 20.9 Å². The van der Waals surface area contributed by atoms with Gasteiger partial charge in [-0.2, -0.15) is 11.8 Å². The van der Waals surface area contributed by atoms with Crippen molar-refractivity contribution in [2.75, 3.05) is 44.0 Å². The van der Waals surface area contributed by atoms with Crippen LogP contribution in [-0.2, 0) is 16.0 Å². The molecule has 1 aromatic heterocycles. The molecule has 0 fully saturated rings. The van der Waals surface area contributed by atoms with Gasteiger partial charge in [0, 0.05) is 18.7 Å². The third kappa shape index (κ3) is 6.79. The summed E-state index contributed by atoms with van der Waals surface area (Å²) in [6.45, 7) is 1.45. The zero-order valence-corrected chi connectivity index (χ0v) is 25.2. The van der Waals surface area contributed by atoms with Gasteiger partial charge in [-0.15, -0.1) is 0 Å². The lowest BCUT2D eigenvalue weighted by Crippen LogP contribution is -2.36. The van der Waals surface area contributed by atoms with Crippen LogP contribution in [0, 0.1) is 0 Å². The molecule has 4 rings (SSSR count). The first-order valence-corrected chi connectivity index (χ1v) is 15.0. The third-order valence-corrected chi connectivity index (χ3v) is 7.73. The van der Waals surface area contributed by atoms with E-state index >= 15 is 0 Å². The summed E-state index contributed by atoms with van der Waals surface area (Å²) in [4.78, 5) is 43.4. The molecule has 2 atom stereocenters. The standard InChI is InChI=1S/C31H36N4O6S/c1-18(36)33-22-11-9-19-16-26(39-2)29(40-3)30(41-4)28(19)20-10-12-23(25(37)17-21(20)22)34-24(13-15-42-5)31(38)35-27-8-6-7-14-32-27/h6-8,10,12,14,16-17,22,24H,9,11,13,15H2,1-5H3,(H,33,36)(H,34,37)(H,32,35,38)/t22-,24-/m1/s1. The number of hydrogen-bond acceptors (Lipinski definition) is 9. The SMILES string of the molecule is COc1cc2c(c(OC)c1OC)-c1ccc(N[C@H](CCSC)C(=O)Nc3ccccn3)c(=O)cc1[C@H](NC(C)=O)CC2. The topological polar surface area (TPSA) is 128 Å². The number of hydrogen-bond donors (Lipinski definition) is 3. The number of rotatable bonds is 11. The fraction of sp³-hybridized carbons (Fsp3) is 0.355. The highest BCUT2D eigenvalue weighted by Gasteiger charge is 2.30. The Bertz CT molecular complexity index is 1500. The van der Waals surface area contributed by atoms with E-state index in [0.717, 1.165) is 11.1 Å². The quantitative estimate of drug-likeness (QED) is 0.296. The van der Waals surface area contributed by atoms with Gasteiger partial charge in [0.05, 0.1) is 33.1 Å². The number of aryl methyl sites for hydroxylation is 1. The molecule has 0 spiro atoms. The van der Waals surface area contributed by atoms with Crippen LogP contribution in [0.5, 0.6) is 17.2 Å². The van der Waals surface area contributed by atoms with Crippen molar-refractivity contribution < 1.29 is 23.8 Å². The van der Waals surface area contributed by atoms with Gasteiger partial charge in [0.1, 0.15) is 11.9 Å². The molecule has 0 unspecified atom stereocenters. The van der Waals surface area contributed by atoms with Crippen molar-refractivity contribution in [3.63, 3.8) is 0 Å². The molecule has 2 amide bonds. The van der Waals surface area contributed by atoms with Crippen molar-refractivity contribution in [2.24, 2.45) is 0 Å². The van der Waals surface area contributed by atoms with E-state index < -0.39 is 12.1 Å². The number of ether oxygens (including phenoxy) is 3. The summed E-state index contributed by atoms with van der Waals surface area (Å²) < 4.78 is 17.1. The summed E-state index contributed by atoms with van der Waals surface area (Å²) >= 11 is 1.61. The van der Waals surface area contributed by atoms with Gasteiger partial charge in [-0.25, -0.2) is 4.98 Å². The predicted octanol–water partition coefficient (Wildman–Crippen LogP) is 4.43. The summed E-state index contributed by atoms with van der Waals surface area (Å²) in [5, 5.41) is 9.02. The predicted molar refractivity (Wildman–Crippen MR) is 166 cm³/mol. The zero-order valence-electron chi connectivity index (χ0n) is 24.4. The molecule has 11 heteroatoms. The average molecular weight is 593 g/mol. The van der Waals surface area contributed by atoms with Gasteiger partial charge in [-0.1, -0.05) is 12.1 Å². The largest absolute Gasteiger partial charge is 0.493 e. The van der Waals surface area contributed by atoms with Crippen molar-refractivity contribution in [3.8, 4) is 28.4 Å². The number of methoxy groups -OCH3 is 3. The lowest BCUT2D eigenvalue weighted by atomic mass is 9.95. The van der Waals surface area contributed by atoms with Gasteiger partial charge in [0.2, 0.25) is 23.0 Å². The Morgan fingerprint density at radius 1 is 1.07 bits per heavy atom. The van der Waals surface area contributed by atoms with Crippen LogP contribution < -0.4 is 35.6 Å². The molecule has 0 bridgehead atoms. The van der Waals surface area contributed by atoms with Gasteiger partial charge in [-0.3, -0.25) is 14.4 Å². The number of anilines is 2. The first-order valence-electron chi connectivity index (χ1n) is 13.6. The molecule has 0 aliphatic heterocycles. The molecule has 3 N–H and O–H groups in total. The van der Waals surface area contributed by atoms with E-state index in [0.29, 0.717) is 59.2 Å². The van der Waals surface area contributed by atoms with E-state index in [1.54, 1.807) is 56.4 Å². The van der Waals surface area contributed by atoms with Crippen LogP contribution in [0.2, 0.25) is 0 Å². The number of benzene rings is 1. The zero-order chi connectivity index (χ0) is 30.2. The number of aromatic nitrogens is 1. The summed E-state index contributed by atoms with van der Waals surface area (Å²) in [5.74, 6) is 2.05. The molecule has 0 saturated carbocycles. The Morgan fingerprint density at radius 3 is 2.50 bits per heavy atom. The van der Waals surface area contributed by atoms with Crippen molar-refractivity contribution >= 4 is 35.1 Å². The van der Waals surface area contributed by atoms with Gasteiger partial charge < -0.3 is 30.2 Å². The number of carbonyl (C=O) groups excluding carboxylic acids is 2. The minimum Gasteiger partial charge on any atom is -0.493 e. The maximum absolute atomic E-state index is 13.7. The molecule has 42 heavy (non-hydrogen) atoms. The average Bonchev–Trinajstić information content (AvgIpc) is 3.22. The van der Waals surface area contributed by atoms with E-state index in [1.165, 1.54) is 20.1 Å². The number of fused-ring (bicyclic) bond motifs is 3. The third-order valence-electron chi connectivity index (χ3n) is 7.09. The molecule has 0 radical (unpaired) electrons. The Hall–Kier alpha value is -4.25. The van der Waals surface area contributed by atoms with E-state index in [-0.39, 0.29) is 22.9 Å². The van der Waals surface area contributed by atoms with Crippen molar-refractivity contribution in [1.82, 2.24) is 10.3 Å². The summed E-state index contributed by atoms with van der Waals surface area (Å²) in [7, 11) is 4.66. The van der Waals surface area contributed by atoms with Crippen molar-refractivity contribution in [2.45, 2.75) is 38.3 Å². The smallest absolute Gasteiger partial charge is 0.248 e. The molecule has 10 nitrogen and oxygen atoms in total. The van der Waals surface area contributed by atoms with Crippen molar-refractivity contribution in [3.05, 3.63) is 70.0 Å². The normalized spacial score (nSPS) is 14.4. The molecule has 1 heterocycles. The second-order valence-electron chi connectivity index (χ2n) is 9.78. The minimum atomic E-state index is -0.688. The molecule has 222 valence electrons. The lowest BCUT2D eigenvalue weighted by Gasteiger charge is -2.19. The monoisotopic (exact) mass is 592 g/mol. The molecule has 1 aliphatic rings. The van der Waals surface area contributed by atoms with E-state index in [9.17, 15) is 14.4 Å². The molecule has 1 aliphatic carbocycles. The number of pyridine rings is 1. The van der Waals surface area contributed by atoms with E-state index in [1.807, 2.05) is 18.4 Å². The lowest BCUT2D eigenvalue weighted by molar-refractivity contribution is -0.120. The number of thioether (sulfide) groups is 1. The maximum Gasteiger partial charge on any atom is 0.248 e. The van der Waals surface area contributed by atoms with Gasteiger partial charge in [-0.05, 0) is 78.3 Å². The maximum atomic E-state index is 13.7. The molecule has 3 aromatic rings. The number of nitrogens with one attached hydrogen (secondary N) is 3. The minimum absolute atomic E-state index is 0.209. The van der Waals surface area contributed by atoms with Crippen LogP contribution in [0.15, 0.2) is 53.5 Å². The number of carbonyl (C=O) groups is 2. The highest BCUT2D eigenvalue weighted by molar-refractivity contribution is 7.98. The highest BCUT2D eigenvalue weighted by atomic mass is 32.2. The van der Waals surface area contributed by atoms with E-state index in [4.69, 9.17) is 14.2 Å². The molecular formula is C31H36N4O6S. The van der Waals surface area contributed by atoms with Crippen LogP contribution >= 0.6 is 11.8 Å². The van der Waals surface area contributed by atoms with Crippen LogP contribution in [0.3, 0.4) is 0 Å². The van der Waals surface area contributed by atoms with Gasteiger partial charge in [0.25, 0.3) is 0 Å². The van der Waals surface area contributed by atoms with Gasteiger partial charge in [0.15, 0.2) is 11.5 Å². The summed E-state index contributed by atoms with van der Waals surface area (Å²) in [6.07, 6.45) is 5.19. The fourth-order valence-electron chi connectivity index (χ4n) is 5.17. The van der Waals surface area contributed by atoms with Crippen LogP contribution in [0.4, 0.5) is 11.5 Å². The van der Waals surface area contributed by atoms with Crippen LogP contribution in [-0.4, -0.2) is 56.2 Å². The first-order chi connectivity index (χ1) is 20.3.